The summed E-state index contributed by atoms with van der Waals surface area (Å²) in [6.45, 7) is 1.70. The van der Waals surface area contributed by atoms with Gasteiger partial charge in [-0.2, -0.15) is 0 Å². The molecule has 0 fully saturated rings. The summed E-state index contributed by atoms with van der Waals surface area (Å²) >= 11 is 0. The fourth-order valence-electron chi connectivity index (χ4n) is 3.80. The molecule has 0 spiro atoms. The molecule has 5 rings (SSSR count). The van der Waals surface area contributed by atoms with E-state index in [-0.39, 0.29) is 11.8 Å². The minimum atomic E-state index is 0.0140. The second-order valence-electron chi connectivity index (χ2n) is 7.12. The fourth-order valence-corrected chi connectivity index (χ4v) is 3.80. The number of carbonyl (C=O) groups is 1. The third kappa shape index (κ3) is 3.40. The van der Waals surface area contributed by atoms with Crippen LogP contribution in [0.15, 0.2) is 67.3 Å². The average Bonchev–Trinajstić information content (AvgIpc) is 3.45. The zero-order valence-corrected chi connectivity index (χ0v) is 15.6. The number of imidazole rings is 1. The van der Waals surface area contributed by atoms with E-state index >= 15 is 0 Å². The predicted octanol–water partition coefficient (Wildman–Crippen LogP) is 2.23. The van der Waals surface area contributed by atoms with Gasteiger partial charge in [0.05, 0.1) is 30.8 Å². The van der Waals surface area contributed by atoms with E-state index in [4.69, 9.17) is 0 Å². The summed E-state index contributed by atoms with van der Waals surface area (Å²) in [5.74, 6) is 0.0781. The number of hydrogen-bond donors (Lipinski definition) is 1. The summed E-state index contributed by atoms with van der Waals surface area (Å²) in [7, 11) is 0. The van der Waals surface area contributed by atoms with E-state index in [1.165, 1.54) is 0 Å². The van der Waals surface area contributed by atoms with Gasteiger partial charge in [-0.1, -0.05) is 42.5 Å². The van der Waals surface area contributed by atoms with Gasteiger partial charge in [0, 0.05) is 18.0 Å². The third-order valence-corrected chi connectivity index (χ3v) is 5.26. The van der Waals surface area contributed by atoms with E-state index in [1.807, 2.05) is 47.4 Å². The van der Waals surface area contributed by atoms with Crippen molar-refractivity contribution >= 4 is 5.91 Å². The smallest absolute Gasteiger partial charge is 0.254 e. The Hall–Kier alpha value is -3.81. The highest BCUT2D eigenvalue weighted by Gasteiger charge is 2.31. The molecule has 1 atom stereocenters. The van der Waals surface area contributed by atoms with Crippen molar-refractivity contribution in [2.24, 2.45) is 0 Å². The maximum absolute atomic E-state index is 13.2. The summed E-state index contributed by atoms with van der Waals surface area (Å²) in [4.78, 5) is 22.8. The lowest BCUT2D eigenvalue weighted by Crippen LogP contribution is -2.38. The number of fused-ring (bicyclic) bond motifs is 1. The van der Waals surface area contributed by atoms with Gasteiger partial charge < -0.3 is 9.88 Å². The Morgan fingerprint density at radius 3 is 2.69 bits per heavy atom. The number of tetrazole rings is 1. The quantitative estimate of drug-likeness (QED) is 0.582. The molecular weight excluding hydrogens is 366 g/mol. The van der Waals surface area contributed by atoms with Crippen LogP contribution in [0.5, 0.6) is 0 Å². The van der Waals surface area contributed by atoms with Crippen LogP contribution in [0.2, 0.25) is 0 Å². The minimum Gasteiger partial charge on any atom is -0.347 e. The van der Waals surface area contributed by atoms with Gasteiger partial charge in [0.15, 0.2) is 0 Å². The number of aromatic nitrogens is 6. The average molecular weight is 385 g/mol. The maximum Gasteiger partial charge on any atom is 0.254 e. The molecule has 0 bridgehead atoms. The zero-order valence-electron chi connectivity index (χ0n) is 15.6. The predicted molar refractivity (Wildman–Crippen MR) is 105 cm³/mol. The number of carbonyl (C=O) groups excluding carboxylic acids is 1. The Kier molecular flexibility index (Phi) is 4.36. The van der Waals surface area contributed by atoms with Crippen molar-refractivity contribution < 1.29 is 4.79 Å². The van der Waals surface area contributed by atoms with Crippen molar-refractivity contribution in [3.05, 3.63) is 95.3 Å². The largest absolute Gasteiger partial charge is 0.347 e. The fraction of sp³-hybridized carbons (Fsp3) is 0.190. The second-order valence-corrected chi connectivity index (χ2v) is 7.12. The van der Waals surface area contributed by atoms with Gasteiger partial charge in [-0.3, -0.25) is 4.79 Å². The molecular formula is C21H19N7O. The van der Waals surface area contributed by atoms with E-state index in [0.29, 0.717) is 25.2 Å². The van der Waals surface area contributed by atoms with Gasteiger partial charge in [0.2, 0.25) is 0 Å². The molecule has 1 aliphatic rings. The third-order valence-electron chi connectivity index (χ3n) is 5.26. The van der Waals surface area contributed by atoms with Gasteiger partial charge in [-0.15, -0.1) is 5.10 Å². The Morgan fingerprint density at radius 1 is 1.10 bits per heavy atom. The van der Waals surface area contributed by atoms with Crippen LogP contribution in [-0.4, -0.2) is 47.5 Å². The number of rotatable bonds is 4. The molecule has 0 saturated carbocycles. The summed E-state index contributed by atoms with van der Waals surface area (Å²) in [6, 6.07) is 17.8. The van der Waals surface area contributed by atoms with E-state index in [9.17, 15) is 4.79 Å². The van der Waals surface area contributed by atoms with Crippen LogP contribution in [0.4, 0.5) is 0 Å². The number of H-pyrrole nitrogens is 1. The molecule has 0 saturated heterocycles. The summed E-state index contributed by atoms with van der Waals surface area (Å²) in [6.07, 6.45) is 3.28. The standard InChI is InChI=1S/C21H19N7O/c29-21(17-8-6-15(7-9-17)10-28-14-24-25-26-28)27-11-18(16-4-2-1-3-5-16)20-19(12-27)22-13-23-20/h1-9,13-14,18H,10-12H2,(H,22,23). The van der Waals surface area contributed by atoms with Gasteiger partial charge in [-0.05, 0) is 33.7 Å². The van der Waals surface area contributed by atoms with Crippen molar-refractivity contribution in [2.75, 3.05) is 6.54 Å². The molecule has 0 radical (unpaired) electrons. The van der Waals surface area contributed by atoms with E-state index < -0.39 is 0 Å². The monoisotopic (exact) mass is 385 g/mol. The number of nitrogens with zero attached hydrogens (tertiary/aromatic N) is 6. The normalized spacial score (nSPS) is 15.9. The lowest BCUT2D eigenvalue weighted by Gasteiger charge is -2.32. The molecule has 1 aliphatic heterocycles. The van der Waals surface area contributed by atoms with Crippen LogP contribution in [0.25, 0.3) is 0 Å². The molecule has 3 heterocycles. The van der Waals surface area contributed by atoms with Crippen molar-refractivity contribution in [2.45, 2.75) is 19.0 Å². The Bertz CT molecular complexity index is 1100. The first-order valence-corrected chi connectivity index (χ1v) is 9.44. The highest BCUT2D eigenvalue weighted by Crippen LogP contribution is 2.32. The molecule has 1 amide bonds. The SMILES string of the molecule is O=C(c1ccc(Cn2cnnn2)cc1)N1Cc2[nH]cnc2C(c2ccccc2)C1. The minimum absolute atomic E-state index is 0.0140. The van der Waals surface area contributed by atoms with Crippen LogP contribution < -0.4 is 0 Å². The maximum atomic E-state index is 13.2. The first kappa shape index (κ1) is 17.3. The van der Waals surface area contributed by atoms with Crippen molar-refractivity contribution in [3.8, 4) is 0 Å². The first-order valence-electron chi connectivity index (χ1n) is 9.44. The van der Waals surface area contributed by atoms with Crippen LogP contribution in [0.3, 0.4) is 0 Å². The molecule has 8 nitrogen and oxygen atoms in total. The highest BCUT2D eigenvalue weighted by atomic mass is 16.2. The second kappa shape index (κ2) is 7.31. The molecule has 1 N–H and O–H groups in total. The van der Waals surface area contributed by atoms with Crippen LogP contribution >= 0.6 is 0 Å². The Labute approximate surface area is 167 Å². The molecule has 0 aliphatic carbocycles. The van der Waals surface area contributed by atoms with Crippen molar-refractivity contribution in [1.82, 2.24) is 35.1 Å². The summed E-state index contributed by atoms with van der Waals surface area (Å²) in [5, 5.41) is 11.1. The van der Waals surface area contributed by atoms with Crippen LogP contribution in [-0.2, 0) is 13.1 Å². The summed E-state index contributed by atoms with van der Waals surface area (Å²) in [5.41, 5.74) is 4.88. The van der Waals surface area contributed by atoms with Crippen LogP contribution in [0, 0.1) is 0 Å². The number of aromatic amines is 1. The number of hydrogen-bond acceptors (Lipinski definition) is 5. The van der Waals surface area contributed by atoms with E-state index in [2.05, 4.69) is 37.6 Å². The van der Waals surface area contributed by atoms with Gasteiger partial charge in [0.1, 0.15) is 6.33 Å². The van der Waals surface area contributed by atoms with Crippen LogP contribution in [0.1, 0.15) is 38.8 Å². The molecule has 144 valence electrons. The molecule has 1 unspecified atom stereocenters. The first-order chi connectivity index (χ1) is 14.3. The molecule has 4 aromatic rings. The van der Waals surface area contributed by atoms with E-state index in [0.717, 1.165) is 22.5 Å². The molecule has 8 heteroatoms. The Morgan fingerprint density at radius 2 is 1.93 bits per heavy atom. The number of amides is 1. The highest BCUT2D eigenvalue weighted by molar-refractivity contribution is 5.94. The number of benzene rings is 2. The van der Waals surface area contributed by atoms with E-state index in [1.54, 1.807) is 17.3 Å². The lowest BCUT2D eigenvalue weighted by atomic mass is 9.90. The molecule has 29 heavy (non-hydrogen) atoms. The summed E-state index contributed by atoms with van der Waals surface area (Å²) < 4.78 is 1.64. The molecule has 2 aromatic heterocycles. The molecule has 2 aromatic carbocycles. The number of nitrogens with one attached hydrogen (secondary N) is 1. The lowest BCUT2D eigenvalue weighted by molar-refractivity contribution is 0.0722. The topological polar surface area (TPSA) is 92.6 Å². The van der Waals surface area contributed by atoms with Gasteiger partial charge in [-0.25, -0.2) is 9.67 Å². The zero-order chi connectivity index (χ0) is 19.6. The van der Waals surface area contributed by atoms with Crippen molar-refractivity contribution in [3.63, 3.8) is 0 Å². The van der Waals surface area contributed by atoms with Crippen molar-refractivity contribution in [1.29, 1.82) is 0 Å². The Balaban J connectivity index is 1.37. The van der Waals surface area contributed by atoms with Gasteiger partial charge in [0.25, 0.3) is 5.91 Å². The van der Waals surface area contributed by atoms with Gasteiger partial charge >= 0.3 is 0 Å².